The van der Waals surface area contributed by atoms with E-state index in [4.69, 9.17) is 4.98 Å². The number of hydrogen-bond donors (Lipinski definition) is 1. The van der Waals surface area contributed by atoms with E-state index in [0.29, 0.717) is 0 Å². The van der Waals surface area contributed by atoms with Gasteiger partial charge in [0.2, 0.25) is 0 Å². The average Bonchev–Trinajstić information content (AvgIpc) is 3.34. The number of nitrogens with one attached hydrogen (secondary N) is 1. The van der Waals surface area contributed by atoms with Crippen LogP contribution in [0.2, 0.25) is 0 Å². The third-order valence-corrected chi connectivity index (χ3v) is 4.19. The van der Waals surface area contributed by atoms with Gasteiger partial charge in [0.1, 0.15) is 5.82 Å². The predicted octanol–water partition coefficient (Wildman–Crippen LogP) is 3.58. The minimum atomic E-state index is 0.843. The van der Waals surface area contributed by atoms with Gasteiger partial charge in [-0.25, -0.2) is 4.98 Å². The summed E-state index contributed by atoms with van der Waals surface area (Å²) in [4.78, 5) is 7.41. The molecular formula is C18H25N3. The zero-order valence-corrected chi connectivity index (χ0v) is 13.1. The Hall–Kier alpha value is -1.61. The zero-order chi connectivity index (χ0) is 14.7. The van der Waals surface area contributed by atoms with Crippen molar-refractivity contribution >= 4 is 16.6 Å². The Kier molecular flexibility index (Phi) is 4.39. The van der Waals surface area contributed by atoms with Gasteiger partial charge < -0.3 is 10.2 Å². The topological polar surface area (TPSA) is 28.2 Å². The van der Waals surface area contributed by atoms with Gasteiger partial charge in [-0.2, -0.15) is 0 Å². The van der Waals surface area contributed by atoms with E-state index in [-0.39, 0.29) is 0 Å². The molecule has 3 heteroatoms. The Morgan fingerprint density at radius 2 is 2.05 bits per heavy atom. The molecule has 1 aliphatic carbocycles. The zero-order valence-electron chi connectivity index (χ0n) is 13.1. The van der Waals surface area contributed by atoms with Crippen LogP contribution in [0.25, 0.3) is 10.8 Å². The second-order valence-corrected chi connectivity index (χ2v) is 5.92. The average molecular weight is 283 g/mol. The molecule has 3 nitrogen and oxygen atoms in total. The van der Waals surface area contributed by atoms with E-state index in [1.807, 2.05) is 0 Å². The molecule has 21 heavy (non-hydrogen) atoms. The van der Waals surface area contributed by atoms with Crippen molar-refractivity contribution in [2.75, 3.05) is 24.5 Å². The molecule has 0 saturated heterocycles. The standard InChI is InChI=1S/C18H25N3/c1-3-19-12-16-11-15-7-5-6-8-17(15)18(20-16)21(4-2)13-14-9-10-14/h5-8,11,14,19H,3-4,9-10,12-13H2,1-2H3. The number of aromatic nitrogens is 1. The van der Waals surface area contributed by atoms with E-state index in [1.165, 1.54) is 23.6 Å². The van der Waals surface area contributed by atoms with Crippen LogP contribution in [0.5, 0.6) is 0 Å². The largest absolute Gasteiger partial charge is 0.356 e. The molecule has 3 rings (SSSR count). The number of anilines is 1. The van der Waals surface area contributed by atoms with Crippen molar-refractivity contribution in [2.45, 2.75) is 33.2 Å². The molecule has 1 heterocycles. The maximum atomic E-state index is 4.95. The van der Waals surface area contributed by atoms with Crippen LogP contribution in [-0.2, 0) is 6.54 Å². The molecule has 0 unspecified atom stereocenters. The highest BCUT2D eigenvalue weighted by Gasteiger charge is 2.25. The van der Waals surface area contributed by atoms with Gasteiger partial charge in [-0.1, -0.05) is 31.2 Å². The van der Waals surface area contributed by atoms with Crippen LogP contribution < -0.4 is 10.2 Å². The number of pyridine rings is 1. The fourth-order valence-electron chi connectivity index (χ4n) is 2.80. The summed E-state index contributed by atoms with van der Waals surface area (Å²) in [5.74, 6) is 2.04. The molecule has 1 fully saturated rings. The minimum Gasteiger partial charge on any atom is -0.356 e. The van der Waals surface area contributed by atoms with Crippen molar-refractivity contribution in [1.82, 2.24) is 10.3 Å². The van der Waals surface area contributed by atoms with Gasteiger partial charge in [-0.05, 0) is 43.7 Å². The molecule has 112 valence electrons. The molecule has 1 N–H and O–H groups in total. The van der Waals surface area contributed by atoms with E-state index >= 15 is 0 Å². The molecule has 1 saturated carbocycles. The summed E-state index contributed by atoms with van der Waals surface area (Å²) in [5.41, 5.74) is 1.14. The molecule has 0 atom stereocenters. The maximum absolute atomic E-state index is 4.95. The monoisotopic (exact) mass is 283 g/mol. The number of hydrogen-bond acceptors (Lipinski definition) is 3. The van der Waals surface area contributed by atoms with Crippen LogP contribution >= 0.6 is 0 Å². The quantitative estimate of drug-likeness (QED) is 0.842. The predicted molar refractivity (Wildman–Crippen MR) is 89.7 cm³/mol. The summed E-state index contributed by atoms with van der Waals surface area (Å²) in [6, 6.07) is 10.8. The Balaban J connectivity index is 1.99. The normalized spacial score (nSPS) is 14.6. The van der Waals surface area contributed by atoms with Gasteiger partial charge in [0.25, 0.3) is 0 Å². The van der Waals surface area contributed by atoms with Gasteiger partial charge in [-0.3, -0.25) is 0 Å². The van der Waals surface area contributed by atoms with Crippen LogP contribution in [0.4, 0.5) is 5.82 Å². The molecule has 0 amide bonds. The highest BCUT2D eigenvalue weighted by Crippen LogP contribution is 2.33. The molecule has 1 aliphatic rings. The maximum Gasteiger partial charge on any atom is 0.136 e. The fourth-order valence-corrected chi connectivity index (χ4v) is 2.80. The van der Waals surface area contributed by atoms with Crippen molar-refractivity contribution in [3.63, 3.8) is 0 Å². The van der Waals surface area contributed by atoms with E-state index in [1.54, 1.807) is 0 Å². The van der Waals surface area contributed by atoms with E-state index in [9.17, 15) is 0 Å². The van der Waals surface area contributed by atoms with E-state index in [2.05, 4.69) is 54.4 Å². The number of fused-ring (bicyclic) bond motifs is 1. The molecule has 0 aliphatic heterocycles. The Labute approximate surface area is 127 Å². The van der Waals surface area contributed by atoms with E-state index in [0.717, 1.165) is 43.6 Å². The highest BCUT2D eigenvalue weighted by atomic mass is 15.2. The van der Waals surface area contributed by atoms with Crippen molar-refractivity contribution in [1.29, 1.82) is 0 Å². The molecular weight excluding hydrogens is 258 g/mol. The number of nitrogens with zero attached hydrogens (tertiary/aromatic N) is 2. The Morgan fingerprint density at radius 1 is 1.24 bits per heavy atom. The fraction of sp³-hybridized carbons (Fsp3) is 0.500. The van der Waals surface area contributed by atoms with Crippen molar-refractivity contribution in [2.24, 2.45) is 5.92 Å². The number of benzene rings is 1. The van der Waals surface area contributed by atoms with Crippen LogP contribution in [0.15, 0.2) is 30.3 Å². The van der Waals surface area contributed by atoms with Gasteiger partial charge in [-0.15, -0.1) is 0 Å². The van der Waals surface area contributed by atoms with Crippen molar-refractivity contribution < 1.29 is 0 Å². The van der Waals surface area contributed by atoms with Crippen LogP contribution in [0, 0.1) is 5.92 Å². The summed E-state index contributed by atoms with van der Waals surface area (Å²) in [6.07, 6.45) is 2.76. The molecule has 2 aromatic rings. The lowest BCUT2D eigenvalue weighted by atomic mass is 10.1. The minimum absolute atomic E-state index is 0.843. The van der Waals surface area contributed by atoms with Crippen LogP contribution in [0.3, 0.4) is 0 Å². The Bertz CT molecular complexity index is 604. The van der Waals surface area contributed by atoms with Gasteiger partial charge in [0.05, 0.1) is 5.69 Å². The molecule has 0 bridgehead atoms. The van der Waals surface area contributed by atoms with Gasteiger partial charge in [0, 0.05) is 25.0 Å². The SMILES string of the molecule is CCNCc1cc2ccccc2c(N(CC)CC2CC2)n1. The lowest BCUT2D eigenvalue weighted by Crippen LogP contribution is -2.27. The molecule has 0 radical (unpaired) electrons. The van der Waals surface area contributed by atoms with E-state index < -0.39 is 0 Å². The van der Waals surface area contributed by atoms with Gasteiger partial charge in [0.15, 0.2) is 0 Å². The summed E-state index contributed by atoms with van der Waals surface area (Å²) in [7, 11) is 0. The van der Waals surface area contributed by atoms with Crippen LogP contribution in [-0.4, -0.2) is 24.6 Å². The highest BCUT2D eigenvalue weighted by molar-refractivity contribution is 5.92. The first-order chi connectivity index (χ1) is 10.3. The molecule has 1 aromatic heterocycles. The van der Waals surface area contributed by atoms with Crippen LogP contribution in [0.1, 0.15) is 32.4 Å². The third kappa shape index (κ3) is 3.35. The molecule has 0 spiro atoms. The first-order valence-corrected chi connectivity index (χ1v) is 8.16. The Morgan fingerprint density at radius 3 is 2.76 bits per heavy atom. The summed E-state index contributed by atoms with van der Waals surface area (Å²) in [6.45, 7) is 8.36. The summed E-state index contributed by atoms with van der Waals surface area (Å²) in [5, 5.41) is 5.96. The second-order valence-electron chi connectivity index (χ2n) is 5.92. The lowest BCUT2D eigenvalue weighted by molar-refractivity contribution is 0.700. The van der Waals surface area contributed by atoms with Crippen molar-refractivity contribution in [3.05, 3.63) is 36.0 Å². The summed E-state index contributed by atoms with van der Waals surface area (Å²) >= 11 is 0. The number of rotatable bonds is 7. The molecule has 1 aromatic carbocycles. The third-order valence-electron chi connectivity index (χ3n) is 4.19. The van der Waals surface area contributed by atoms with Gasteiger partial charge >= 0.3 is 0 Å². The second kappa shape index (κ2) is 6.44. The lowest BCUT2D eigenvalue weighted by Gasteiger charge is -2.24. The smallest absolute Gasteiger partial charge is 0.136 e. The first-order valence-electron chi connectivity index (χ1n) is 8.16. The first kappa shape index (κ1) is 14.3. The summed E-state index contributed by atoms with van der Waals surface area (Å²) < 4.78 is 0. The van der Waals surface area contributed by atoms with Crippen molar-refractivity contribution in [3.8, 4) is 0 Å².